The van der Waals surface area contributed by atoms with Crippen LogP contribution in [0.2, 0.25) is 0 Å². The number of para-hydroxylation sites is 2. The van der Waals surface area contributed by atoms with E-state index in [0.717, 1.165) is 23.0 Å². The van der Waals surface area contributed by atoms with E-state index in [9.17, 15) is 9.90 Å². The van der Waals surface area contributed by atoms with Crippen LogP contribution in [0.3, 0.4) is 0 Å². The molecular formula is C27H29N3O4S. The van der Waals surface area contributed by atoms with Gasteiger partial charge in [-0.1, -0.05) is 30.3 Å². The van der Waals surface area contributed by atoms with Crippen molar-refractivity contribution in [1.29, 1.82) is 0 Å². The van der Waals surface area contributed by atoms with Crippen LogP contribution in [0.4, 0.5) is 0 Å². The van der Waals surface area contributed by atoms with Crippen LogP contribution in [-0.2, 0) is 20.8 Å². The number of fused-ring (bicyclic) bond motifs is 2. The normalized spacial score (nSPS) is 20.1. The fraction of sp³-hybridized carbons (Fsp3) is 0.333. The highest BCUT2D eigenvalue weighted by Crippen LogP contribution is 2.43. The lowest BCUT2D eigenvalue weighted by Gasteiger charge is -2.36. The predicted molar refractivity (Wildman–Crippen MR) is 137 cm³/mol. The molecule has 5 rings (SSSR count). The molecule has 4 aromatic rings. The van der Waals surface area contributed by atoms with Gasteiger partial charge in [0, 0.05) is 29.7 Å². The molecule has 0 spiro atoms. The molecule has 0 bridgehead atoms. The molecule has 3 atom stereocenters. The summed E-state index contributed by atoms with van der Waals surface area (Å²) in [5, 5.41) is 15.8. The highest BCUT2D eigenvalue weighted by molar-refractivity contribution is 7.17. The zero-order chi connectivity index (χ0) is 24.2. The number of amides is 1. The van der Waals surface area contributed by atoms with Gasteiger partial charge in [-0.15, -0.1) is 11.3 Å². The average Bonchev–Trinajstić information content (AvgIpc) is 3.50. The number of benzene rings is 2. The summed E-state index contributed by atoms with van der Waals surface area (Å²) in [4.78, 5) is 21.0. The number of allylic oxidation sites excluding steroid dienone is 1. The van der Waals surface area contributed by atoms with E-state index in [0.29, 0.717) is 18.9 Å². The highest BCUT2D eigenvalue weighted by Gasteiger charge is 2.38. The molecule has 0 saturated carbocycles. The van der Waals surface area contributed by atoms with Crippen molar-refractivity contribution in [3.8, 4) is 0 Å². The number of nitrogens with one attached hydrogen (secondary N) is 2. The molecule has 3 N–H and O–H groups in total. The van der Waals surface area contributed by atoms with Crippen molar-refractivity contribution in [3.63, 3.8) is 0 Å². The maximum Gasteiger partial charge on any atom is 0.286 e. The lowest BCUT2D eigenvalue weighted by Crippen LogP contribution is -2.39. The zero-order valence-corrected chi connectivity index (χ0v) is 20.4. The Kier molecular flexibility index (Phi) is 7.13. The Morgan fingerprint density at radius 1 is 1.23 bits per heavy atom. The summed E-state index contributed by atoms with van der Waals surface area (Å²) in [5.74, 6) is 0.529. The summed E-state index contributed by atoms with van der Waals surface area (Å²) < 4.78 is 13.3. The van der Waals surface area contributed by atoms with Crippen LogP contribution in [-0.4, -0.2) is 40.5 Å². The number of aliphatic hydroxyl groups excluding tert-OH is 1. The van der Waals surface area contributed by atoms with Crippen LogP contribution >= 0.6 is 11.3 Å². The van der Waals surface area contributed by atoms with Crippen LogP contribution in [0.25, 0.3) is 21.1 Å². The van der Waals surface area contributed by atoms with Gasteiger partial charge in [0.2, 0.25) is 6.29 Å². The number of H-pyrrole nitrogens is 1. The molecule has 182 valence electrons. The van der Waals surface area contributed by atoms with E-state index in [4.69, 9.17) is 9.47 Å². The first-order chi connectivity index (χ1) is 17.2. The number of aliphatic hydroxyl groups is 1. The molecule has 0 radical (unpaired) electrons. The van der Waals surface area contributed by atoms with Crippen molar-refractivity contribution in [2.75, 3.05) is 13.2 Å². The molecule has 2 aromatic heterocycles. The molecule has 0 saturated heterocycles. The molecule has 1 aliphatic rings. The Morgan fingerprint density at radius 2 is 2.06 bits per heavy atom. The largest absolute Gasteiger partial charge is 0.459 e. The molecule has 35 heavy (non-hydrogen) atoms. The number of aromatic amines is 1. The molecule has 1 amide bonds. The first-order valence-corrected chi connectivity index (χ1v) is 12.8. The Morgan fingerprint density at radius 3 is 2.89 bits per heavy atom. The Bertz CT molecular complexity index is 1310. The van der Waals surface area contributed by atoms with E-state index in [1.54, 1.807) is 11.3 Å². The second-order valence-corrected chi connectivity index (χ2v) is 9.51. The molecular weight excluding hydrogens is 462 g/mol. The van der Waals surface area contributed by atoms with Crippen molar-refractivity contribution in [2.24, 2.45) is 5.92 Å². The van der Waals surface area contributed by atoms with Crippen molar-refractivity contribution >= 4 is 38.4 Å². The van der Waals surface area contributed by atoms with Gasteiger partial charge < -0.3 is 24.9 Å². The minimum absolute atomic E-state index is 0.0213. The summed E-state index contributed by atoms with van der Waals surface area (Å²) in [6.07, 6.45) is 2.70. The van der Waals surface area contributed by atoms with Crippen LogP contribution in [0, 0.1) is 5.92 Å². The minimum Gasteiger partial charge on any atom is -0.459 e. The van der Waals surface area contributed by atoms with Crippen molar-refractivity contribution in [2.45, 2.75) is 38.5 Å². The predicted octanol–water partition coefficient (Wildman–Crippen LogP) is 4.84. The third-order valence-corrected chi connectivity index (χ3v) is 7.34. The first-order valence-electron chi connectivity index (χ1n) is 12.0. The van der Waals surface area contributed by atoms with Gasteiger partial charge in [0.1, 0.15) is 5.82 Å². The number of aromatic nitrogens is 2. The number of hydrogen-bond donors (Lipinski definition) is 3. The van der Waals surface area contributed by atoms with Gasteiger partial charge in [-0.05, 0) is 60.4 Å². The quantitative estimate of drug-likeness (QED) is 0.311. The zero-order valence-electron chi connectivity index (χ0n) is 19.6. The number of carbonyl (C=O) groups excluding carboxylic acids is 1. The molecule has 3 heterocycles. The van der Waals surface area contributed by atoms with Crippen molar-refractivity contribution in [3.05, 3.63) is 77.1 Å². The van der Waals surface area contributed by atoms with Gasteiger partial charge in [-0.2, -0.15) is 0 Å². The average molecular weight is 492 g/mol. The van der Waals surface area contributed by atoms with Crippen LogP contribution < -0.4 is 5.32 Å². The second-order valence-electron chi connectivity index (χ2n) is 8.60. The number of rotatable bonds is 9. The van der Waals surface area contributed by atoms with E-state index in [-0.39, 0.29) is 36.7 Å². The maximum atomic E-state index is 13.2. The van der Waals surface area contributed by atoms with Gasteiger partial charge in [-0.3, -0.25) is 4.79 Å². The number of hydrogen-bond acceptors (Lipinski definition) is 6. The molecule has 0 unspecified atom stereocenters. The number of carbonyl (C=O) groups is 1. The lowest BCUT2D eigenvalue weighted by atomic mass is 9.80. The standard InChI is InChI=1S/C27H29N3O4S/c1-2-33-27-18(9-7-13-31)19(20-16-35-24-12-6-3-8-17(20)24)14-23(34-27)26(32)28-15-25-29-21-10-4-5-11-22(21)30-25/h3-6,8,10-12,14,16,18-19,27,31H,2,7,9,13,15H2,1H3,(H,28,32)(H,29,30)/t18-,19-,27+/m0/s1. The Hall–Kier alpha value is -3.20. The van der Waals surface area contributed by atoms with E-state index >= 15 is 0 Å². The summed E-state index contributed by atoms with van der Waals surface area (Å²) in [7, 11) is 0. The number of thiophene rings is 1. The van der Waals surface area contributed by atoms with E-state index in [2.05, 4.69) is 32.8 Å². The summed E-state index contributed by atoms with van der Waals surface area (Å²) in [6.45, 7) is 2.74. The number of imidazole rings is 1. The van der Waals surface area contributed by atoms with Crippen LogP contribution in [0.5, 0.6) is 0 Å². The number of nitrogens with zero attached hydrogens (tertiary/aromatic N) is 1. The lowest BCUT2D eigenvalue weighted by molar-refractivity contribution is -0.166. The Labute approximate surface area is 207 Å². The van der Waals surface area contributed by atoms with Crippen LogP contribution in [0.1, 0.15) is 37.1 Å². The smallest absolute Gasteiger partial charge is 0.286 e. The van der Waals surface area contributed by atoms with Gasteiger partial charge in [0.05, 0.1) is 17.6 Å². The van der Waals surface area contributed by atoms with Crippen LogP contribution in [0.15, 0.2) is 65.7 Å². The fourth-order valence-corrected chi connectivity index (χ4v) is 5.73. The third-order valence-electron chi connectivity index (χ3n) is 6.36. The van der Waals surface area contributed by atoms with Crippen molar-refractivity contribution in [1.82, 2.24) is 15.3 Å². The highest BCUT2D eigenvalue weighted by atomic mass is 32.1. The second kappa shape index (κ2) is 10.6. The monoisotopic (exact) mass is 491 g/mol. The molecule has 0 fully saturated rings. The number of ether oxygens (including phenoxy) is 2. The molecule has 8 heteroatoms. The SMILES string of the molecule is CCO[C@@H]1OC(C(=O)NCc2nc3ccccc3[nH]2)=C[C@H](c2csc3ccccc23)[C@@H]1CCCO. The van der Waals surface area contributed by atoms with E-state index in [1.807, 2.05) is 49.4 Å². The molecule has 0 aliphatic carbocycles. The fourth-order valence-electron chi connectivity index (χ4n) is 4.72. The third kappa shape index (κ3) is 4.96. The molecule has 7 nitrogen and oxygen atoms in total. The summed E-state index contributed by atoms with van der Waals surface area (Å²) in [5.41, 5.74) is 2.94. The topological polar surface area (TPSA) is 96.5 Å². The summed E-state index contributed by atoms with van der Waals surface area (Å²) in [6, 6.07) is 16.0. The Balaban J connectivity index is 1.43. The van der Waals surface area contributed by atoms with Gasteiger partial charge in [-0.25, -0.2) is 4.98 Å². The first kappa shape index (κ1) is 23.5. The minimum atomic E-state index is -0.577. The summed E-state index contributed by atoms with van der Waals surface area (Å²) >= 11 is 1.69. The van der Waals surface area contributed by atoms with E-state index < -0.39 is 6.29 Å². The van der Waals surface area contributed by atoms with E-state index in [1.165, 1.54) is 10.1 Å². The maximum absolute atomic E-state index is 13.2. The van der Waals surface area contributed by atoms with Gasteiger partial charge >= 0.3 is 0 Å². The van der Waals surface area contributed by atoms with Crippen molar-refractivity contribution < 1.29 is 19.4 Å². The van der Waals surface area contributed by atoms with Gasteiger partial charge in [0.15, 0.2) is 5.76 Å². The van der Waals surface area contributed by atoms with Gasteiger partial charge in [0.25, 0.3) is 5.91 Å². The molecule has 2 aromatic carbocycles. The molecule has 1 aliphatic heterocycles.